The number of benzene rings is 1. The zero-order valence-electron chi connectivity index (χ0n) is 13.7. The zero-order valence-corrected chi connectivity index (χ0v) is 13.7. The van der Waals surface area contributed by atoms with Crippen LogP contribution in [0.15, 0.2) is 30.6 Å². The van der Waals surface area contributed by atoms with Gasteiger partial charge in [-0.2, -0.15) is 0 Å². The highest BCUT2D eigenvalue weighted by Gasteiger charge is 2.14. The summed E-state index contributed by atoms with van der Waals surface area (Å²) in [4.78, 5) is 11.0. The molecule has 4 nitrogen and oxygen atoms in total. The highest BCUT2D eigenvalue weighted by molar-refractivity contribution is 5.49. The smallest absolute Gasteiger partial charge is 0.134 e. The molecule has 0 amide bonds. The van der Waals surface area contributed by atoms with Crippen LogP contribution in [0.3, 0.4) is 0 Å². The molecule has 23 heavy (non-hydrogen) atoms. The van der Waals surface area contributed by atoms with Crippen molar-refractivity contribution in [3.63, 3.8) is 0 Å². The molecule has 2 heterocycles. The Morgan fingerprint density at radius 3 is 2.65 bits per heavy atom. The Hall–Kier alpha value is -2.17. The van der Waals surface area contributed by atoms with E-state index in [4.69, 9.17) is 0 Å². The lowest BCUT2D eigenvalue weighted by Crippen LogP contribution is -2.30. The van der Waals surface area contributed by atoms with E-state index in [1.165, 1.54) is 19.3 Å². The summed E-state index contributed by atoms with van der Waals surface area (Å²) in [5.41, 5.74) is 1.57. The van der Waals surface area contributed by atoms with Crippen molar-refractivity contribution < 1.29 is 4.39 Å². The Kier molecular flexibility index (Phi) is 4.74. The monoisotopic (exact) mass is 314 g/mol. The normalized spacial score (nSPS) is 16.2. The van der Waals surface area contributed by atoms with Crippen LogP contribution in [0, 0.1) is 12.7 Å². The van der Waals surface area contributed by atoms with E-state index in [1.54, 1.807) is 19.3 Å². The largest absolute Gasteiger partial charge is 0.363 e. The first-order valence-electron chi connectivity index (χ1n) is 8.23. The fourth-order valence-corrected chi connectivity index (χ4v) is 2.91. The number of aryl methyl sites for hydroxylation is 1. The van der Waals surface area contributed by atoms with Crippen LogP contribution >= 0.6 is 0 Å². The van der Waals surface area contributed by atoms with Crippen LogP contribution in [0.5, 0.6) is 0 Å². The molecule has 1 aromatic heterocycles. The minimum atomic E-state index is -0.173. The number of hydrogen-bond acceptors (Lipinski definition) is 4. The summed E-state index contributed by atoms with van der Waals surface area (Å²) in [5, 5.41) is 3.34. The predicted octanol–water partition coefficient (Wildman–Crippen LogP) is 4.09. The van der Waals surface area contributed by atoms with Crippen LogP contribution in [0.25, 0.3) is 0 Å². The second-order valence-electron chi connectivity index (χ2n) is 6.18. The molecule has 0 spiro atoms. The second kappa shape index (κ2) is 6.94. The maximum Gasteiger partial charge on any atom is 0.134 e. The lowest BCUT2D eigenvalue weighted by Gasteiger charge is -2.28. The summed E-state index contributed by atoms with van der Waals surface area (Å²) in [7, 11) is 0. The number of rotatable bonds is 4. The molecule has 0 radical (unpaired) electrons. The number of nitrogens with one attached hydrogen (secondary N) is 1. The van der Waals surface area contributed by atoms with Crippen LogP contribution in [0.1, 0.15) is 43.4 Å². The molecule has 0 bridgehead atoms. The number of anilines is 2. The van der Waals surface area contributed by atoms with Gasteiger partial charge in [-0.3, -0.25) is 0 Å². The molecule has 0 saturated carbocycles. The Labute approximate surface area is 136 Å². The third kappa shape index (κ3) is 3.78. The van der Waals surface area contributed by atoms with Crippen molar-refractivity contribution in [2.24, 2.45) is 0 Å². The van der Waals surface area contributed by atoms with Gasteiger partial charge in [0, 0.05) is 19.2 Å². The average molecular weight is 314 g/mol. The first kappa shape index (κ1) is 15.7. The molecule has 1 atom stereocenters. The highest BCUT2D eigenvalue weighted by Crippen LogP contribution is 2.23. The van der Waals surface area contributed by atoms with Gasteiger partial charge in [0.2, 0.25) is 0 Å². The van der Waals surface area contributed by atoms with Gasteiger partial charge in [0.1, 0.15) is 23.8 Å². The molecular weight excluding hydrogens is 291 g/mol. The Balaban J connectivity index is 1.72. The van der Waals surface area contributed by atoms with Crippen molar-refractivity contribution in [1.82, 2.24) is 9.97 Å². The standard InChI is InChI=1S/C18H23FN4/c1-13-6-7-15(10-16(13)19)14(2)22-17-11-18(21-12-20-17)23-8-4-3-5-9-23/h6-7,10-12,14H,3-5,8-9H2,1-2H3,(H,20,21,22). The van der Waals surface area contributed by atoms with Gasteiger partial charge in [0.25, 0.3) is 0 Å². The van der Waals surface area contributed by atoms with Crippen molar-refractivity contribution >= 4 is 11.6 Å². The number of aromatic nitrogens is 2. The minimum absolute atomic E-state index is 0.0193. The number of halogens is 1. The van der Waals surface area contributed by atoms with Gasteiger partial charge >= 0.3 is 0 Å². The lowest BCUT2D eigenvalue weighted by molar-refractivity contribution is 0.573. The Bertz CT molecular complexity index is 668. The Morgan fingerprint density at radius 1 is 1.13 bits per heavy atom. The highest BCUT2D eigenvalue weighted by atomic mass is 19.1. The molecule has 1 saturated heterocycles. The van der Waals surface area contributed by atoms with E-state index in [1.807, 2.05) is 25.1 Å². The predicted molar refractivity (Wildman–Crippen MR) is 91.3 cm³/mol. The number of hydrogen-bond donors (Lipinski definition) is 1. The minimum Gasteiger partial charge on any atom is -0.363 e. The first-order valence-corrected chi connectivity index (χ1v) is 8.23. The molecule has 0 aliphatic carbocycles. The fourth-order valence-electron chi connectivity index (χ4n) is 2.91. The van der Waals surface area contributed by atoms with E-state index in [0.717, 1.165) is 30.3 Å². The van der Waals surface area contributed by atoms with Crippen molar-refractivity contribution in [3.8, 4) is 0 Å². The van der Waals surface area contributed by atoms with E-state index in [0.29, 0.717) is 5.56 Å². The molecule has 3 rings (SSSR count). The molecular formula is C18H23FN4. The SMILES string of the molecule is Cc1ccc(C(C)Nc2cc(N3CCCCC3)ncn2)cc1F. The van der Waals surface area contributed by atoms with Crippen LogP contribution in [-0.4, -0.2) is 23.1 Å². The van der Waals surface area contributed by atoms with Crippen LogP contribution in [0.4, 0.5) is 16.0 Å². The molecule has 122 valence electrons. The summed E-state index contributed by atoms with van der Waals surface area (Å²) < 4.78 is 13.7. The van der Waals surface area contributed by atoms with Gasteiger partial charge in [0.15, 0.2) is 0 Å². The quantitative estimate of drug-likeness (QED) is 0.923. The first-order chi connectivity index (χ1) is 11.1. The summed E-state index contributed by atoms with van der Waals surface area (Å²) in [6.07, 6.45) is 5.31. The van der Waals surface area contributed by atoms with Gasteiger partial charge in [-0.25, -0.2) is 14.4 Å². The molecule has 1 aromatic carbocycles. The van der Waals surface area contributed by atoms with Crippen LogP contribution < -0.4 is 10.2 Å². The Morgan fingerprint density at radius 2 is 1.91 bits per heavy atom. The lowest BCUT2D eigenvalue weighted by atomic mass is 10.1. The maximum atomic E-state index is 13.7. The van der Waals surface area contributed by atoms with Crippen molar-refractivity contribution in [3.05, 3.63) is 47.5 Å². The zero-order chi connectivity index (χ0) is 16.2. The van der Waals surface area contributed by atoms with E-state index in [2.05, 4.69) is 20.2 Å². The third-order valence-electron chi connectivity index (χ3n) is 4.39. The number of nitrogens with zero attached hydrogens (tertiary/aromatic N) is 3. The van der Waals surface area contributed by atoms with Crippen molar-refractivity contribution in [2.75, 3.05) is 23.3 Å². The summed E-state index contributed by atoms with van der Waals surface area (Å²) in [5.74, 6) is 1.56. The van der Waals surface area contributed by atoms with E-state index in [9.17, 15) is 4.39 Å². The van der Waals surface area contributed by atoms with Gasteiger partial charge in [-0.05, 0) is 50.3 Å². The molecule has 1 aliphatic heterocycles. The second-order valence-corrected chi connectivity index (χ2v) is 6.18. The van der Waals surface area contributed by atoms with Crippen LogP contribution in [-0.2, 0) is 0 Å². The van der Waals surface area contributed by atoms with E-state index < -0.39 is 0 Å². The maximum absolute atomic E-state index is 13.7. The van der Waals surface area contributed by atoms with Gasteiger partial charge < -0.3 is 10.2 Å². The van der Waals surface area contributed by atoms with Gasteiger partial charge in [-0.1, -0.05) is 12.1 Å². The topological polar surface area (TPSA) is 41.0 Å². The number of piperidine rings is 1. The van der Waals surface area contributed by atoms with E-state index >= 15 is 0 Å². The van der Waals surface area contributed by atoms with Gasteiger partial charge in [0.05, 0.1) is 6.04 Å². The molecule has 1 unspecified atom stereocenters. The third-order valence-corrected chi connectivity index (χ3v) is 4.39. The molecule has 2 aromatic rings. The average Bonchev–Trinajstić information content (AvgIpc) is 2.58. The summed E-state index contributed by atoms with van der Waals surface area (Å²) in [6, 6.07) is 7.30. The molecule has 1 fully saturated rings. The van der Waals surface area contributed by atoms with E-state index in [-0.39, 0.29) is 11.9 Å². The van der Waals surface area contributed by atoms with Crippen molar-refractivity contribution in [1.29, 1.82) is 0 Å². The van der Waals surface area contributed by atoms with Gasteiger partial charge in [-0.15, -0.1) is 0 Å². The summed E-state index contributed by atoms with van der Waals surface area (Å²) >= 11 is 0. The molecule has 1 N–H and O–H groups in total. The summed E-state index contributed by atoms with van der Waals surface area (Å²) in [6.45, 7) is 5.88. The van der Waals surface area contributed by atoms with Crippen LogP contribution in [0.2, 0.25) is 0 Å². The fraction of sp³-hybridized carbons (Fsp3) is 0.444. The molecule has 5 heteroatoms. The molecule has 1 aliphatic rings. The van der Waals surface area contributed by atoms with Crippen molar-refractivity contribution in [2.45, 2.75) is 39.2 Å².